The summed E-state index contributed by atoms with van der Waals surface area (Å²) >= 11 is 0. The van der Waals surface area contributed by atoms with Crippen LogP contribution in [0.5, 0.6) is 5.75 Å². The first-order valence-corrected chi connectivity index (χ1v) is 7.72. The van der Waals surface area contributed by atoms with Gasteiger partial charge in [0.25, 0.3) is 0 Å². The molecule has 0 saturated heterocycles. The van der Waals surface area contributed by atoms with Gasteiger partial charge in [0.05, 0.1) is 7.11 Å². The fourth-order valence-electron chi connectivity index (χ4n) is 3.50. The maximum atomic E-state index is 5.30. The monoisotopic (exact) mass is 259 g/mol. The lowest BCUT2D eigenvalue weighted by atomic mass is 9.75. The first-order chi connectivity index (χ1) is 9.35. The molecule has 0 bridgehead atoms. The second kappa shape index (κ2) is 5.96. The van der Waals surface area contributed by atoms with Crippen molar-refractivity contribution in [3.8, 4) is 5.75 Å². The molecule has 0 atom stereocenters. The maximum Gasteiger partial charge on any atom is 0.119 e. The topological polar surface area (TPSA) is 21.3 Å². The predicted octanol–water partition coefficient (Wildman–Crippen LogP) is 3.72. The van der Waals surface area contributed by atoms with Gasteiger partial charge in [-0.05, 0) is 61.8 Å². The van der Waals surface area contributed by atoms with Crippen LogP contribution in [0.2, 0.25) is 0 Å². The lowest BCUT2D eigenvalue weighted by molar-refractivity contribution is 0.275. The summed E-state index contributed by atoms with van der Waals surface area (Å²) < 4.78 is 5.30. The van der Waals surface area contributed by atoms with E-state index in [4.69, 9.17) is 4.74 Å². The Labute approximate surface area is 116 Å². The van der Waals surface area contributed by atoms with Crippen molar-refractivity contribution < 1.29 is 4.74 Å². The van der Waals surface area contributed by atoms with Crippen LogP contribution in [0, 0.1) is 5.92 Å². The van der Waals surface area contributed by atoms with Crippen LogP contribution >= 0.6 is 0 Å². The normalized spacial score (nSPS) is 27.2. The van der Waals surface area contributed by atoms with E-state index in [-0.39, 0.29) is 0 Å². The minimum absolute atomic E-state index is 0.733. The number of rotatable bonds is 5. The highest BCUT2D eigenvalue weighted by Gasteiger charge is 2.30. The first kappa shape index (κ1) is 13.0. The van der Waals surface area contributed by atoms with Crippen LogP contribution in [0.25, 0.3) is 0 Å². The van der Waals surface area contributed by atoms with Gasteiger partial charge in [-0.3, -0.25) is 0 Å². The lowest BCUT2D eigenvalue weighted by Gasteiger charge is -2.37. The van der Waals surface area contributed by atoms with Crippen molar-refractivity contribution in [1.29, 1.82) is 0 Å². The van der Waals surface area contributed by atoms with E-state index in [1.807, 2.05) is 6.07 Å². The summed E-state index contributed by atoms with van der Waals surface area (Å²) in [7, 11) is 1.74. The summed E-state index contributed by atoms with van der Waals surface area (Å²) in [5.74, 6) is 2.67. The fraction of sp³-hybridized carbons (Fsp3) is 0.647. The van der Waals surface area contributed by atoms with Crippen molar-refractivity contribution in [2.75, 3.05) is 13.7 Å². The third-order valence-corrected chi connectivity index (χ3v) is 4.87. The second-order valence-corrected chi connectivity index (χ2v) is 6.20. The molecule has 3 rings (SSSR count). The van der Waals surface area contributed by atoms with E-state index in [0.29, 0.717) is 0 Å². The van der Waals surface area contributed by atoms with Gasteiger partial charge in [-0.15, -0.1) is 0 Å². The molecule has 0 spiro atoms. The Bertz CT molecular complexity index is 405. The van der Waals surface area contributed by atoms with Gasteiger partial charge in [-0.1, -0.05) is 25.0 Å². The van der Waals surface area contributed by atoms with Gasteiger partial charge in [0.15, 0.2) is 0 Å². The van der Waals surface area contributed by atoms with Gasteiger partial charge < -0.3 is 10.1 Å². The fourth-order valence-corrected chi connectivity index (χ4v) is 3.50. The van der Waals surface area contributed by atoms with E-state index in [1.54, 1.807) is 7.11 Å². The molecule has 1 aromatic carbocycles. The molecule has 2 heteroatoms. The van der Waals surface area contributed by atoms with Crippen LogP contribution in [0.1, 0.15) is 50.0 Å². The number of nitrogens with one attached hydrogen (secondary N) is 1. The highest BCUT2D eigenvalue weighted by molar-refractivity contribution is 5.32. The molecule has 0 heterocycles. The summed E-state index contributed by atoms with van der Waals surface area (Å²) in [5.41, 5.74) is 1.44. The van der Waals surface area contributed by atoms with Gasteiger partial charge >= 0.3 is 0 Å². The van der Waals surface area contributed by atoms with E-state index in [0.717, 1.165) is 23.6 Å². The maximum absolute atomic E-state index is 5.30. The van der Waals surface area contributed by atoms with Crippen molar-refractivity contribution in [2.45, 2.75) is 50.5 Å². The first-order valence-electron chi connectivity index (χ1n) is 7.72. The molecule has 19 heavy (non-hydrogen) atoms. The van der Waals surface area contributed by atoms with E-state index < -0.39 is 0 Å². The Hall–Kier alpha value is -1.02. The summed E-state index contributed by atoms with van der Waals surface area (Å²) in [6.07, 6.45) is 8.37. The Morgan fingerprint density at radius 2 is 2.00 bits per heavy atom. The SMILES string of the molecule is COc1cccc(C2CC(NCC3CCCC3)C2)c1. The molecular weight excluding hydrogens is 234 g/mol. The molecule has 104 valence electrons. The molecule has 0 amide bonds. The van der Waals surface area contributed by atoms with Gasteiger partial charge in [-0.2, -0.15) is 0 Å². The van der Waals surface area contributed by atoms with Gasteiger partial charge in [0.1, 0.15) is 5.75 Å². The molecular formula is C17H25NO. The van der Waals surface area contributed by atoms with Crippen molar-refractivity contribution in [3.63, 3.8) is 0 Å². The quantitative estimate of drug-likeness (QED) is 0.870. The van der Waals surface area contributed by atoms with Crippen molar-refractivity contribution in [2.24, 2.45) is 5.92 Å². The summed E-state index contributed by atoms with van der Waals surface area (Å²) in [6.45, 7) is 1.25. The molecule has 2 saturated carbocycles. The van der Waals surface area contributed by atoms with Gasteiger partial charge in [-0.25, -0.2) is 0 Å². The Morgan fingerprint density at radius 3 is 2.74 bits per heavy atom. The number of benzene rings is 1. The zero-order chi connectivity index (χ0) is 13.1. The average Bonchev–Trinajstić information content (AvgIpc) is 2.90. The second-order valence-electron chi connectivity index (χ2n) is 6.20. The largest absolute Gasteiger partial charge is 0.497 e. The predicted molar refractivity (Wildman–Crippen MR) is 78.7 cm³/mol. The molecule has 0 aromatic heterocycles. The zero-order valence-corrected chi connectivity index (χ0v) is 11.9. The Kier molecular flexibility index (Phi) is 4.07. The van der Waals surface area contributed by atoms with Crippen molar-refractivity contribution in [1.82, 2.24) is 5.32 Å². The summed E-state index contributed by atoms with van der Waals surface area (Å²) in [6, 6.07) is 9.31. The minimum atomic E-state index is 0.733. The van der Waals surface area contributed by atoms with E-state index in [1.165, 1.54) is 50.6 Å². The molecule has 2 nitrogen and oxygen atoms in total. The molecule has 2 fully saturated rings. The van der Waals surface area contributed by atoms with Crippen LogP contribution in [0.4, 0.5) is 0 Å². The van der Waals surface area contributed by atoms with Gasteiger partial charge in [0.2, 0.25) is 0 Å². The highest BCUT2D eigenvalue weighted by atomic mass is 16.5. The Morgan fingerprint density at radius 1 is 1.21 bits per heavy atom. The minimum Gasteiger partial charge on any atom is -0.497 e. The van der Waals surface area contributed by atoms with Gasteiger partial charge in [0, 0.05) is 6.04 Å². The van der Waals surface area contributed by atoms with Crippen molar-refractivity contribution in [3.05, 3.63) is 29.8 Å². The molecule has 0 radical (unpaired) electrons. The zero-order valence-electron chi connectivity index (χ0n) is 11.9. The number of methoxy groups -OCH3 is 1. The molecule has 0 unspecified atom stereocenters. The van der Waals surface area contributed by atoms with Crippen LogP contribution in [0.3, 0.4) is 0 Å². The molecule has 2 aliphatic carbocycles. The molecule has 1 N–H and O–H groups in total. The number of hydrogen-bond acceptors (Lipinski definition) is 2. The van der Waals surface area contributed by atoms with E-state index in [9.17, 15) is 0 Å². The summed E-state index contributed by atoms with van der Waals surface area (Å²) in [4.78, 5) is 0. The van der Waals surface area contributed by atoms with Crippen molar-refractivity contribution >= 4 is 0 Å². The van der Waals surface area contributed by atoms with E-state index in [2.05, 4.69) is 23.5 Å². The highest BCUT2D eigenvalue weighted by Crippen LogP contribution is 2.38. The standard InChI is InChI=1S/C17H25NO/c1-19-17-8-4-7-14(11-17)15-9-16(10-15)18-12-13-5-2-3-6-13/h4,7-8,11,13,15-16,18H,2-3,5-6,9-10,12H2,1H3. The Balaban J connectivity index is 1.44. The third kappa shape index (κ3) is 3.11. The van der Waals surface area contributed by atoms with E-state index >= 15 is 0 Å². The lowest BCUT2D eigenvalue weighted by Crippen LogP contribution is -2.41. The summed E-state index contributed by atoms with van der Waals surface area (Å²) in [5, 5.41) is 3.76. The number of ether oxygens (including phenoxy) is 1. The van der Waals surface area contributed by atoms with Crippen LogP contribution < -0.4 is 10.1 Å². The molecule has 0 aliphatic heterocycles. The number of hydrogen-bond donors (Lipinski definition) is 1. The average molecular weight is 259 g/mol. The third-order valence-electron chi connectivity index (χ3n) is 4.87. The molecule has 2 aliphatic rings. The smallest absolute Gasteiger partial charge is 0.119 e. The van der Waals surface area contributed by atoms with Crippen LogP contribution in [-0.2, 0) is 0 Å². The molecule has 1 aromatic rings. The van der Waals surface area contributed by atoms with Crippen LogP contribution in [-0.4, -0.2) is 19.7 Å². The van der Waals surface area contributed by atoms with Crippen LogP contribution in [0.15, 0.2) is 24.3 Å².